The predicted molar refractivity (Wildman–Crippen MR) is 55.6 cm³/mol. The number of hydrogen-bond acceptors (Lipinski definition) is 0. The summed E-state index contributed by atoms with van der Waals surface area (Å²) in [4.78, 5) is 0. The Morgan fingerprint density at radius 1 is 0.909 bits per heavy atom. The standard InChI is InChI=1S/C9H18ClP/c10-9-5-4-8-11(9)6-2-1-3-7-11/h9,11H,1-8H2. The average Bonchev–Trinajstić information content (AvgIpc) is 2.36. The van der Waals surface area contributed by atoms with Gasteiger partial charge in [0.15, 0.2) is 0 Å². The van der Waals surface area contributed by atoms with Crippen LogP contribution in [0.25, 0.3) is 0 Å². The van der Waals surface area contributed by atoms with Gasteiger partial charge in [0.25, 0.3) is 0 Å². The van der Waals surface area contributed by atoms with Crippen molar-refractivity contribution in [2.24, 2.45) is 0 Å². The first-order chi connectivity index (χ1) is 5.33. The second kappa shape index (κ2) is 3.23. The van der Waals surface area contributed by atoms with Crippen molar-refractivity contribution in [3.05, 3.63) is 0 Å². The third-order valence-corrected chi connectivity index (χ3v) is 10.9. The number of halogens is 1. The van der Waals surface area contributed by atoms with E-state index in [-0.39, 0.29) is 0 Å². The van der Waals surface area contributed by atoms with Crippen molar-refractivity contribution in [2.75, 3.05) is 18.5 Å². The molecule has 1 unspecified atom stereocenters. The molecule has 2 fully saturated rings. The molecular weight excluding hydrogens is 175 g/mol. The zero-order valence-electron chi connectivity index (χ0n) is 7.11. The van der Waals surface area contributed by atoms with E-state index in [1.165, 1.54) is 32.1 Å². The Hall–Kier alpha value is 0.720. The molecule has 0 saturated carbocycles. The van der Waals surface area contributed by atoms with E-state index in [0.717, 1.165) is 0 Å². The van der Waals surface area contributed by atoms with Gasteiger partial charge in [-0.05, 0) is 0 Å². The Morgan fingerprint density at radius 2 is 1.55 bits per heavy atom. The van der Waals surface area contributed by atoms with Crippen LogP contribution in [0.15, 0.2) is 0 Å². The van der Waals surface area contributed by atoms with E-state index in [1.807, 2.05) is 0 Å². The van der Waals surface area contributed by atoms with Gasteiger partial charge in [0, 0.05) is 0 Å². The minimum atomic E-state index is -0.857. The Balaban J connectivity index is 2.06. The van der Waals surface area contributed by atoms with Gasteiger partial charge in [-0.2, -0.15) is 0 Å². The van der Waals surface area contributed by atoms with E-state index in [4.69, 9.17) is 11.6 Å². The molecule has 0 bridgehead atoms. The van der Waals surface area contributed by atoms with Crippen LogP contribution in [0.5, 0.6) is 0 Å². The van der Waals surface area contributed by atoms with Gasteiger partial charge in [0.2, 0.25) is 0 Å². The molecule has 0 aromatic heterocycles. The molecule has 0 aromatic rings. The Kier molecular flexibility index (Phi) is 2.44. The summed E-state index contributed by atoms with van der Waals surface area (Å²) in [5, 5.41) is 0.655. The Labute approximate surface area is 75.0 Å². The fourth-order valence-corrected chi connectivity index (χ4v) is 9.37. The van der Waals surface area contributed by atoms with Crippen molar-refractivity contribution in [3.8, 4) is 0 Å². The van der Waals surface area contributed by atoms with Gasteiger partial charge in [-0.25, -0.2) is 0 Å². The van der Waals surface area contributed by atoms with Gasteiger partial charge in [-0.1, -0.05) is 0 Å². The first-order valence-electron chi connectivity index (χ1n) is 4.98. The molecule has 2 aliphatic heterocycles. The van der Waals surface area contributed by atoms with E-state index < -0.39 is 7.26 Å². The predicted octanol–water partition coefficient (Wildman–Crippen LogP) is 3.28. The fraction of sp³-hybridized carbons (Fsp3) is 1.00. The third-order valence-electron chi connectivity index (χ3n) is 3.65. The zero-order chi connectivity index (χ0) is 7.73. The molecular formula is C9H18ClP. The maximum atomic E-state index is 6.41. The first-order valence-corrected chi connectivity index (χ1v) is 8.11. The van der Waals surface area contributed by atoms with Gasteiger partial charge in [-0.3, -0.25) is 0 Å². The summed E-state index contributed by atoms with van der Waals surface area (Å²) in [6.07, 6.45) is 11.9. The second-order valence-electron chi connectivity index (χ2n) is 4.28. The summed E-state index contributed by atoms with van der Waals surface area (Å²) >= 11 is 6.41. The summed E-state index contributed by atoms with van der Waals surface area (Å²) in [5.41, 5.74) is 0. The molecule has 0 N–H and O–H groups in total. The molecule has 0 amide bonds. The number of rotatable bonds is 0. The van der Waals surface area contributed by atoms with Gasteiger partial charge >= 0.3 is 74.6 Å². The van der Waals surface area contributed by atoms with Crippen LogP contribution >= 0.6 is 18.9 Å². The van der Waals surface area contributed by atoms with E-state index in [2.05, 4.69) is 0 Å². The van der Waals surface area contributed by atoms with Crippen molar-refractivity contribution in [1.82, 2.24) is 0 Å². The molecule has 0 radical (unpaired) electrons. The number of alkyl halides is 1. The molecule has 66 valence electrons. The van der Waals surface area contributed by atoms with Gasteiger partial charge in [0.05, 0.1) is 0 Å². The topological polar surface area (TPSA) is 0 Å². The maximum absolute atomic E-state index is 6.41. The van der Waals surface area contributed by atoms with Crippen LogP contribution in [-0.4, -0.2) is 23.6 Å². The minimum absolute atomic E-state index is 0.655. The summed E-state index contributed by atoms with van der Waals surface area (Å²) in [5.74, 6) is 0. The Bertz CT molecular complexity index is 140. The van der Waals surface area contributed by atoms with Crippen molar-refractivity contribution in [1.29, 1.82) is 0 Å². The molecule has 1 atom stereocenters. The van der Waals surface area contributed by atoms with Crippen LogP contribution in [0.4, 0.5) is 0 Å². The molecule has 2 aliphatic rings. The first kappa shape index (κ1) is 8.32. The van der Waals surface area contributed by atoms with E-state index in [1.54, 1.807) is 18.5 Å². The second-order valence-corrected chi connectivity index (χ2v) is 10.1. The van der Waals surface area contributed by atoms with Gasteiger partial charge in [-0.15, -0.1) is 0 Å². The third kappa shape index (κ3) is 1.45. The summed E-state index contributed by atoms with van der Waals surface area (Å²) in [6, 6.07) is 0. The molecule has 2 saturated heterocycles. The average molecular weight is 193 g/mol. The monoisotopic (exact) mass is 192 g/mol. The van der Waals surface area contributed by atoms with Crippen LogP contribution in [0, 0.1) is 0 Å². The normalized spacial score (nSPS) is 39.2. The summed E-state index contributed by atoms with van der Waals surface area (Å²) < 4.78 is 0. The SMILES string of the molecule is ClC1CCC[PH]12CCCCC2. The van der Waals surface area contributed by atoms with Crippen LogP contribution in [-0.2, 0) is 0 Å². The molecule has 2 heterocycles. The van der Waals surface area contributed by atoms with Crippen LogP contribution in [0.1, 0.15) is 32.1 Å². The fourth-order valence-electron chi connectivity index (χ4n) is 2.92. The van der Waals surface area contributed by atoms with E-state index >= 15 is 0 Å². The van der Waals surface area contributed by atoms with Crippen molar-refractivity contribution in [3.63, 3.8) is 0 Å². The molecule has 0 aliphatic carbocycles. The van der Waals surface area contributed by atoms with Crippen molar-refractivity contribution < 1.29 is 0 Å². The Morgan fingerprint density at radius 3 is 2.09 bits per heavy atom. The molecule has 2 rings (SSSR count). The summed E-state index contributed by atoms with van der Waals surface area (Å²) in [7, 11) is -0.857. The van der Waals surface area contributed by atoms with Crippen LogP contribution < -0.4 is 0 Å². The van der Waals surface area contributed by atoms with Crippen molar-refractivity contribution >= 4 is 18.9 Å². The number of hydrogen-bond donors (Lipinski definition) is 0. The van der Waals surface area contributed by atoms with Crippen LogP contribution in [0.2, 0.25) is 0 Å². The summed E-state index contributed by atoms with van der Waals surface area (Å²) in [6.45, 7) is 0. The zero-order valence-corrected chi connectivity index (χ0v) is 8.87. The van der Waals surface area contributed by atoms with Crippen LogP contribution in [0.3, 0.4) is 0 Å². The molecule has 0 aromatic carbocycles. The van der Waals surface area contributed by atoms with Gasteiger partial charge < -0.3 is 0 Å². The van der Waals surface area contributed by atoms with E-state index in [9.17, 15) is 0 Å². The molecule has 1 spiro atoms. The molecule has 0 nitrogen and oxygen atoms in total. The molecule has 2 heteroatoms. The quantitative estimate of drug-likeness (QED) is 0.408. The molecule has 11 heavy (non-hydrogen) atoms. The van der Waals surface area contributed by atoms with Crippen molar-refractivity contribution in [2.45, 2.75) is 37.2 Å². The van der Waals surface area contributed by atoms with E-state index in [0.29, 0.717) is 5.12 Å². The van der Waals surface area contributed by atoms with Gasteiger partial charge in [0.1, 0.15) is 0 Å².